The van der Waals surface area contributed by atoms with Crippen LogP contribution >= 0.6 is 23.8 Å². The number of hydrogen-bond donors (Lipinski definition) is 2. The molecule has 0 saturated heterocycles. The van der Waals surface area contributed by atoms with Crippen LogP contribution in [0.2, 0.25) is 5.02 Å². The van der Waals surface area contributed by atoms with Crippen molar-refractivity contribution in [1.82, 2.24) is 9.99 Å². The fourth-order valence-corrected chi connectivity index (χ4v) is 2.81. The van der Waals surface area contributed by atoms with Gasteiger partial charge in [-0.15, -0.1) is 0 Å². The minimum atomic E-state index is -0.242. The Balaban J connectivity index is 1.58. The summed E-state index contributed by atoms with van der Waals surface area (Å²) in [5, 5.41) is 8.24. The number of benzene rings is 2. The number of aromatic nitrogens is 1. The molecule has 0 fully saturated rings. The van der Waals surface area contributed by atoms with Gasteiger partial charge in [-0.1, -0.05) is 29.8 Å². The van der Waals surface area contributed by atoms with Crippen molar-refractivity contribution in [3.63, 3.8) is 0 Å². The zero-order valence-corrected chi connectivity index (χ0v) is 16.2. The first kappa shape index (κ1) is 19.1. The number of thiocarbonyl (C=S) groups is 1. The molecular formula is C20H18ClFN4S. The maximum atomic E-state index is 13.0. The van der Waals surface area contributed by atoms with Gasteiger partial charge in [-0.2, -0.15) is 5.10 Å². The van der Waals surface area contributed by atoms with E-state index in [0.29, 0.717) is 16.7 Å². The van der Waals surface area contributed by atoms with Gasteiger partial charge in [-0.05, 0) is 66.7 Å². The summed E-state index contributed by atoms with van der Waals surface area (Å²) in [6.07, 6.45) is 3.62. The van der Waals surface area contributed by atoms with Gasteiger partial charge in [0.25, 0.3) is 0 Å². The van der Waals surface area contributed by atoms with Gasteiger partial charge in [0.1, 0.15) is 5.82 Å². The number of hydrazone groups is 1. The van der Waals surface area contributed by atoms with Crippen molar-refractivity contribution in [2.24, 2.45) is 5.10 Å². The Kier molecular flexibility index (Phi) is 6.21. The monoisotopic (exact) mass is 400 g/mol. The van der Waals surface area contributed by atoms with Crippen LogP contribution in [-0.2, 0) is 6.54 Å². The van der Waals surface area contributed by atoms with Crippen LogP contribution in [0.1, 0.15) is 16.8 Å². The van der Waals surface area contributed by atoms with E-state index < -0.39 is 0 Å². The summed E-state index contributed by atoms with van der Waals surface area (Å²) < 4.78 is 15.0. The lowest BCUT2D eigenvalue weighted by Crippen LogP contribution is -2.24. The van der Waals surface area contributed by atoms with E-state index in [2.05, 4.69) is 15.8 Å². The fraction of sp³-hybridized carbons (Fsp3) is 0.100. The number of hydrogen-bond acceptors (Lipinski definition) is 2. The topological polar surface area (TPSA) is 41.4 Å². The van der Waals surface area contributed by atoms with Crippen LogP contribution in [0.25, 0.3) is 0 Å². The summed E-state index contributed by atoms with van der Waals surface area (Å²) in [5.41, 5.74) is 6.48. The molecule has 138 valence electrons. The minimum absolute atomic E-state index is 0.242. The van der Waals surface area contributed by atoms with Crippen LogP contribution in [0.3, 0.4) is 0 Å². The number of aryl methyl sites for hydroxylation is 1. The van der Waals surface area contributed by atoms with Crippen molar-refractivity contribution in [3.05, 3.63) is 88.5 Å². The highest BCUT2D eigenvalue weighted by Gasteiger charge is 2.02. The molecule has 4 nitrogen and oxygen atoms in total. The molecule has 3 rings (SSSR count). The quantitative estimate of drug-likeness (QED) is 0.361. The Morgan fingerprint density at radius 3 is 2.74 bits per heavy atom. The van der Waals surface area contributed by atoms with E-state index in [1.807, 2.05) is 48.0 Å². The lowest BCUT2D eigenvalue weighted by molar-refractivity contribution is 0.626. The standard InChI is InChI=1S/C20H18ClFN4S/c1-14-4-9-17(11-19(14)21)24-20(27)25-23-12-18-3-2-10-26(18)13-15-5-7-16(22)8-6-15/h2-12H,13H2,1H3,(H2,24,25,27)/b23-12-. The summed E-state index contributed by atoms with van der Waals surface area (Å²) in [6.45, 7) is 2.56. The third kappa shape index (κ3) is 5.39. The van der Waals surface area contributed by atoms with Gasteiger partial charge in [0.05, 0.1) is 11.9 Å². The summed E-state index contributed by atoms with van der Waals surface area (Å²) in [7, 11) is 0. The highest BCUT2D eigenvalue weighted by molar-refractivity contribution is 7.80. The molecule has 0 bridgehead atoms. The fourth-order valence-electron chi connectivity index (χ4n) is 2.46. The lowest BCUT2D eigenvalue weighted by atomic mass is 10.2. The second kappa shape index (κ2) is 8.79. The lowest BCUT2D eigenvalue weighted by Gasteiger charge is -2.09. The first-order valence-corrected chi connectivity index (χ1v) is 9.06. The predicted octanol–water partition coefficient (Wildman–Crippen LogP) is 4.96. The molecule has 7 heteroatoms. The van der Waals surface area contributed by atoms with Gasteiger partial charge >= 0.3 is 0 Å². The number of halogens is 2. The first-order valence-electron chi connectivity index (χ1n) is 8.27. The van der Waals surface area contributed by atoms with Crippen LogP contribution in [0, 0.1) is 12.7 Å². The smallest absolute Gasteiger partial charge is 0.191 e. The molecule has 27 heavy (non-hydrogen) atoms. The highest BCUT2D eigenvalue weighted by atomic mass is 35.5. The van der Waals surface area contributed by atoms with E-state index in [0.717, 1.165) is 22.5 Å². The molecule has 0 aliphatic carbocycles. The third-order valence-corrected chi connectivity index (χ3v) is 4.52. The van der Waals surface area contributed by atoms with E-state index in [-0.39, 0.29) is 5.82 Å². The SMILES string of the molecule is Cc1ccc(NC(=S)N/N=C\c2cccn2Cc2ccc(F)cc2)cc1Cl. The minimum Gasteiger partial charge on any atom is -0.342 e. The molecule has 0 amide bonds. The van der Waals surface area contributed by atoms with E-state index in [4.69, 9.17) is 23.8 Å². The molecule has 3 aromatic rings. The summed E-state index contributed by atoms with van der Waals surface area (Å²) in [6, 6.07) is 15.9. The second-order valence-corrected chi connectivity index (χ2v) is 6.79. The van der Waals surface area contributed by atoms with Gasteiger partial charge in [0.15, 0.2) is 5.11 Å². The molecule has 0 radical (unpaired) electrons. The molecule has 1 aromatic heterocycles. The van der Waals surface area contributed by atoms with Crippen LogP contribution < -0.4 is 10.7 Å². The van der Waals surface area contributed by atoms with Crippen molar-refractivity contribution in [2.45, 2.75) is 13.5 Å². The maximum absolute atomic E-state index is 13.0. The number of anilines is 1. The van der Waals surface area contributed by atoms with E-state index in [9.17, 15) is 4.39 Å². The summed E-state index contributed by atoms with van der Waals surface area (Å²) in [4.78, 5) is 0. The normalized spacial score (nSPS) is 10.9. The van der Waals surface area contributed by atoms with Crippen molar-refractivity contribution >= 4 is 40.8 Å². The molecular weight excluding hydrogens is 383 g/mol. The van der Waals surface area contributed by atoms with Crippen molar-refractivity contribution in [1.29, 1.82) is 0 Å². The zero-order valence-electron chi connectivity index (χ0n) is 14.6. The molecule has 0 atom stereocenters. The van der Waals surface area contributed by atoms with Crippen LogP contribution in [0.4, 0.5) is 10.1 Å². The third-order valence-electron chi connectivity index (χ3n) is 3.92. The molecule has 1 heterocycles. The Morgan fingerprint density at radius 1 is 1.22 bits per heavy atom. The largest absolute Gasteiger partial charge is 0.342 e. The van der Waals surface area contributed by atoms with Gasteiger partial charge in [-0.3, -0.25) is 5.43 Å². The molecule has 0 spiro atoms. The van der Waals surface area contributed by atoms with Gasteiger partial charge in [0, 0.05) is 23.5 Å². The van der Waals surface area contributed by atoms with Crippen LogP contribution in [0.15, 0.2) is 65.9 Å². The Morgan fingerprint density at radius 2 is 2.00 bits per heavy atom. The second-order valence-electron chi connectivity index (χ2n) is 5.98. The van der Waals surface area contributed by atoms with Gasteiger partial charge < -0.3 is 9.88 Å². The van der Waals surface area contributed by atoms with E-state index in [1.54, 1.807) is 18.3 Å². The average Bonchev–Trinajstić information content (AvgIpc) is 3.07. The van der Waals surface area contributed by atoms with Crippen LogP contribution in [-0.4, -0.2) is 15.9 Å². The summed E-state index contributed by atoms with van der Waals surface area (Å²) >= 11 is 11.3. The van der Waals surface area contributed by atoms with E-state index >= 15 is 0 Å². The Hall–Kier alpha value is -2.70. The number of rotatable bonds is 5. The van der Waals surface area contributed by atoms with Crippen LogP contribution in [0.5, 0.6) is 0 Å². The van der Waals surface area contributed by atoms with Crippen molar-refractivity contribution in [2.75, 3.05) is 5.32 Å². The Labute approximate surface area is 167 Å². The molecule has 2 aromatic carbocycles. The first-order chi connectivity index (χ1) is 13.0. The molecule has 0 unspecified atom stereocenters. The summed E-state index contributed by atoms with van der Waals surface area (Å²) in [5.74, 6) is -0.242. The molecule has 2 N–H and O–H groups in total. The molecule has 0 aliphatic heterocycles. The van der Waals surface area contributed by atoms with Gasteiger partial charge in [0.2, 0.25) is 0 Å². The maximum Gasteiger partial charge on any atom is 0.191 e. The molecule has 0 saturated carbocycles. The Bertz CT molecular complexity index is 966. The number of nitrogens with zero attached hydrogens (tertiary/aromatic N) is 2. The van der Waals surface area contributed by atoms with Gasteiger partial charge in [-0.25, -0.2) is 4.39 Å². The average molecular weight is 401 g/mol. The number of nitrogens with one attached hydrogen (secondary N) is 2. The zero-order chi connectivity index (χ0) is 19.2. The van der Waals surface area contributed by atoms with E-state index in [1.165, 1.54) is 12.1 Å². The predicted molar refractivity (Wildman–Crippen MR) is 113 cm³/mol. The highest BCUT2D eigenvalue weighted by Crippen LogP contribution is 2.19. The molecule has 0 aliphatic rings. The van der Waals surface area contributed by atoms with Crippen molar-refractivity contribution < 1.29 is 4.39 Å². The van der Waals surface area contributed by atoms with Crippen molar-refractivity contribution in [3.8, 4) is 0 Å².